The zero-order valence-corrected chi connectivity index (χ0v) is 20.2. The lowest BCUT2D eigenvalue weighted by Crippen LogP contribution is -2.55. The van der Waals surface area contributed by atoms with Gasteiger partial charge in [0.05, 0.1) is 16.1 Å². The zero-order valence-electron chi connectivity index (χ0n) is 18.6. The third-order valence-electron chi connectivity index (χ3n) is 6.34. The van der Waals surface area contributed by atoms with Crippen LogP contribution in [0.3, 0.4) is 0 Å². The highest BCUT2D eigenvalue weighted by Crippen LogP contribution is 2.52. The van der Waals surface area contributed by atoms with E-state index in [1.165, 1.54) is 0 Å². The van der Waals surface area contributed by atoms with Crippen LogP contribution in [0.5, 0.6) is 0 Å². The summed E-state index contributed by atoms with van der Waals surface area (Å²) in [6, 6.07) is 21.0. The summed E-state index contributed by atoms with van der Waals surface area (Å²) in [4.78, 5) is 0.313. The molecule has 3 aromatic carbocycles. The second-order valence-corrected chi connectivity index (χ2v) is 11.7. The summed E-state index contributed by atoms with van der Waals surface area (Å²) in [5.74, 6) is 0. The van der Waals surface area contributed by atoms with Crippen LogP contribution in [0.1, 0.15) is 49.4 Å². The topological polar surface area (TPSA) is 37.4 Å². The van der Waals surface area contributed by atoms with Gasteiger partial charge in [-0.3, -0.25) is 4.31 Å². The second-order valence-electron chi connectivity index (χ2n) is 9.43. The minimum Gasteiger partial charge on any atom is -0.260 e. The molecule has 162 valence electrons. The molecule has 4 rings (SSSR count). The summed E-state index contributed by atoms with van der Waals surface area (Å²) in [5.41, 5.74) is 4.03. The number of anilines is 1. The average molecular weight is 454 g/mol. The van der Waals surface area contributed by atoms with Gasteiger partial charge in [0.15, 0.2) is 0 Å². The van der Waals surface area contributed by atoms with Gasteiger partial charge in [-0.25, -0.2) is 8.42 Å². The number of hydrogen-bond donors (Lipinski definition) is 0. The van der Waals surface area contributed by atoms with Crippen molar-refractivity contribution in [2.24, 2.45) is 0 Å². The van der Waals surface area contributed by atoms with E-state index in [1.54, 1.807) is 16.4 Å². The summed E-state index contributed by atoms with van der Waals surface area (Å²) in [6.07, 6.45) is 0.642. The highest BCUT2D eigenvalue weighted by molar-refractivity contribution is 7.93. The molecule has 0 saturated heterocycles. The number of nitrogens with zero attached hydrogens (tertiary/aromatic N) is 1. The molecular weight excluding hydrogens is 426 g/mol. The van der Waals surface area contributed by atoms with Crippen molar-refractivity contribution in [1.29, 1.82) is 0 Å². The van der Waals surface area contributed by atoms with Crippen LogP contribution in [0.4, 0.5) is 5.69 Å². The molecule has 31 heavy (non-hydrogen) atoms. The number of benzene rings is 3. The van der Waals surface area contributed by atoms with Gasteiger partial charge < -0.3 is 0 Å². The number of fused-ring (bicyclic) bond motifs is 1. The van der Waals surface area contributed by atoms with Gasteiger partial charge in [0.1, 0.15) is 0 Å². The Kier molecular flexibility index (Phi) is 5.22. The van der Waals surface area contributed by atoms with Crippen molar-refractivity contribution in [3.05, 3.63) is 94.0 Å². The van der Waals surface area contributed by atoms with Crippen LogP contribution < -0.4 is 4.31 Å². The minimum atomic E-state index is -3.74. The van der Waals surface area contributed by atoms with Crippen LogP contribution in [0, 0.1) is 13.8 Å². The van der Waals surface area contributed by atoms with Gasteiger partial charge in [0.2, 0.25) is 0 Å². The molecule has 3 aromatic rings. The van der Waals surface area contributed by atoms with E-state index in [1.807, 2.05) is 64.1 Å². The Morgan fingerprint density at radius 1 is 0.839 bits per heavy atom. The molecule has 0 spiro atoms. The summed E-state index contributed by atoms with van der Waals surface area (Å²) >= 11 is 6.15. The number of rotatable bonds is 3. The fourth-order valence-electron chi connectivity index (χ4n) is 4.97. The molecule has 0 aromatic heterocycles. The maximum atomic E-state index is 13.9. The lowest BCUT2D eigenvalue weighted by molar-refractivity contribution is 0.351. The van der Waals surface area contributed by atoms with Gasteiger partial charge in [-0.05, 0) is 75.6 Å². The van der Waals surface area contributed by atoms with Crippen molar-refractivity contribution >= 4 is 27.3 Å². The van der Waals surface area contributed by atoms with E-state index < -0.39 is 15.6 Å². The summed E-state index contributed by atoms with van der Waals surface area (Å²) in [6.45, 7) is 10.2. The van der Waals surface area contributed by atoms with Crippen molar-refractivity contribution in [2.45, 2.75) is 56.9 Å². The van der Waals surface area contributed by atoms with Crippen LogP contribution in [0.25, 0.3) is 0 Å². The summed E-state index contributed by atoms with van der Waals surface area (Å²) in [5, 5.41) is 0.690. The molecule has 5 heteroatoms. The molecule has 0 unspecified atom stereocenters. The molecule has 0 saturated carbocycles. The van der Waals surface area contributed by atoms with Crippen LogP contribution in [-0.2, 0) is 15.4 Å². The normalized spacial score (nSPS) is 20.4. The Labute approximate surface area is 190 Å². The van der Waals surface area contributed by atoms with Gasteiger partial charge in [-0.15, -0.1) is 0 Å². The van der Waals surface area contributed by atoms with E-state index in [0.717, 1.165) is 27.9 Å². The standard InChI is InChI=1S/C26H28ClNO2S/c1-18-6-13-22(14-7-18)31(29,30)28-24-15-8-19(2)16-23(24)26(5,17-25(28,3)4)20-9-11-21(27)12-10-20/h6-16H,17H2,1-5H3/t26-/m0/s1. The quantitative estimate of drug-likeness (QED) is 0.445. The number of hydrogen-bond acceptors (Lipinski definition) is 2. The number of sulfonamides is 1. The molecule has 0 N–H and O–H groups in total. The molecule has 1 heterocycles. The molecule has 0 radical (unpaired) electrons. The highest BCUT2D eigenvalue weighted by Gasteiger charge is 2.50. The zero-order chi connectivity index (χ0) is 22.6. The fourth-order valence-corrected chi connectivity index (χ4v) is 6.92. The van der Waals surface area contributed by atoms with Gasteiger partial charge in [-0.1, -0.05) is 66.0 Å². The minimum absolute atomic E-state index is 0.313. The predicted molar refractivity (Wildman–Crippen MR) is 129 cm³/mol. The molecule has 3 nitrogen and oxygen atoms in total. The average Bonchev–Trinajstić information content (AvgIpc) is 2.68. The third-order valence-corrected chi connectivity index (χ3v) is 8.63. The van der Waals surface area contributed by atoms with Crippen molar-refractivity contribution < 1.29 is 8.42 Å². The fraction of sp³-hybridized carbons (Fsp3) is 0.308. The molecule has 0 fully saturated rings. The molecule has 1 aliphatic rings. The van der Waals surface area contributed by atoms with Crippen LogP contribution in [0.15, 0.2) is 71.6 Å². The van der Waals surface area contributed by atoms with Gasteiger partial charge in [0, 0.05) is 10.4 Å². The highest BCUT2D eigenvalue weighted by atomic mass is 35.5. The van der Waals surface area contributed by atoms with Crippen LogP contribution >= 0.6 is 11.6 Å². The van der Waals surface area contributed by atoms with Crippen LogP contribution in [0.2, 0.25) is 5.02 Å². The van der Waals surface area contributed by atoms with E-state index in [2.05, 4.69) is 25.1 Å². The van der Waals surface area contributed by atoms with E-state index in [0.29, 0.717) is 16.3 Å². The molecular formula is C26H28ClNO2S. The van der Waals surface area contributed by atoms with Crippen LogP contribution in [-0.4, -0.2) is 14.0 Å². The summed E-state index contributed by atoms with van der Waals surface area (Å²) in [7, 11) is -3.74. The maximum absolute atomic E-state index is 13.9. The van der Waals surface area contributed by atoms with E-state index in [4.69, 9.17) is 11.6 Å². The number of aryl methyl sites for hydroxylation is 2. The third kappa shape index (κ3) is 3.66. The first-order valence-electron chi connectivity index (χ1n) is 10.4. The van der Waals surface area contributed by atoms with Crippen molar-refractivity contribution in [1.82, 2.24) is 0 Å². The molecule has 0 aliphatic carbocycles. The monoisotopic (exact) mass is 453 g/mol. The number of halogens is 1. The van der Waals surface area contributed by atoms with E-state index in [9.17, 15) is 8.42 Å². The van der Waals surface area contributed by atoms with Crippen molar-refractivity contribution in [3.63, 3.8) is 0 Å². The van der Waals surface area contributed by atoms with Crippen molar-refractivity contribution in [2.75, 3.05) is 4.31 Å². The largest absolute Gasteiger partial charge is 0.264 e. The van der Waals surface area contributed by atoms with Gasteiger partial charge >= 0.3 is 0 Å². The van der Waals surface area contributed by atoms with Gasteiger partial charge in [0.25, 0.3) is 10.0 Å². The Morgan fingerprint density at radius 2 is 1.42 bits per heavy atom. The Bertz CT molecular complexity index is 1230. The lowest BCUT2D eigenvalue weighted by atomic mass is 9.66. The second kappa shape index (κ2) is 7.39. The van der Waals surface area contributed by atoms with Gasteiger partial charge in [-0.2, -0.15) is 0 Å². The molecule has 1 atom stereocenters. The molecule has 1 aliphatic heterocycles. The van der Waals surface area contributed by atoms with E-state index in [-0.39, 0.29) is 5.41 Å². The predicted octanol–water partition coefficient (Wildman–Crippen LogP) is 6.64. The first kappa shape index (κ1) is 21.9. The first-order valence-corrected chi connectivity index (χ1v) is 12.3. The molecule has 0 bridgehead atoms. The Morgan fingerprint density at radius 3 is 2.03 bits per heavy atom. The van der Waals surface area contributed by atoms with Crippen molar-refractivity contribution in [3.8, 4) is 0 Å². The maximum Gasteiger partial charge on any atom is 0.264 e. The smallest absolute Gasteiger partial charge is 0.260 e. The summed E-state index contributed by atoms with van der Waals surface area (Å²) < 4.78 is 29.3. The Balaban J connectivity index is 1.96. The Hall–Kier alpha value is -2.30. The molecule has 0 amide bonds. The first-order chi connectivity index (χ1) is 14.4. The van der Waals surface area contributed by atoms with E-state index >= 15 is 0 Å². The lowest BCUT2D eigenvalue weighted by Gasteiger charge is -2.51. The SMILES string of the molecule is Cc1ccc(S(=O)(=O)N2c3ccc(C)cc3[C@](C)(c3ccc(Cl)cc3)CC2(C)C)cc1.